The lowest BCUT2D eigenvalue weighted by Crippen LogP contribution is -2.41. The minimum absolute atomic E-state index is 0.0393. The number of nitrogens with zero attached hydrogens (tertiary/aromatic N) is 3. The van der Waals surface area contributed by atoms with Crippen molar-refractivity contribution in [1.29, 1.82) is 0 Å². The third-order valence-corrected chi connectivity index (χ3v) is 4.47. The zero-order valence-electron chi connectivity index (χ0n) is 13.4. The van der Waals surface area contributed by atoms with Crippen LogP contribution >= 0.6 is 0 Å². The maximum atomic E-state index is 12.1. The van der Waals surface area contributed by atoms with Gasteiger partial charge in [0, 0.05) is 32.0 Å². The van der Waals surface area contributed by atoms with E-state index >= 15 is 0 Å². The molecule has 1 aliphatic carbocycles. The number of carbonyl (C=O) groups excluding carboxylic acids is 2. The van der Waals surface area contributed by atoms with Gasteiger partial charge < -0.3 is 20.1 Å². The number of aromatic nitrogens is 2. The summed E-state index contributed by atoms with van der Waals surface area (Å²) in [5, 5.41) is 9.58. The van der Waals surface area contributed by atoms with E-state index in [-0.39, 0.29) is 24.5 Å². The molecule has 2 N–H and O–H groups in total. The summed E-state index contributed by atoms with van der Waals surface area (Å²) < 4.78 is 5.29. The fourth-order valence-electron chi connectivity index (χ4n) is 3.29. The first-order chi connectivity index (χ1) is 11.1. The molecule has 2 fully saturated rings. The Labute approximate surface area is 135 Å². The molecular weight excluding hydrogens is 298 g/mol. The van der Waals surface area contributed by atoms with Crippen molar-refractivity contribution in [1.82, 2.24) is 25.7 Å². The molecule has 0 bridgehead atoms. The van der Waals surface area contributed by atoms with Gasteiger partial charge in [-0.2, -0.15) is 4.98 Å². The predicted octanol–water partition coefficient (Wildman–Crippen LogP) is 1.15. The fourth-order valence-corrected chi connectivity index (χ4v) is 3.29. The molecule has 2 aliphatic rings. The second-order valence-corrected chi connectivity index (χ2v) is 6.32. The first-order valence-electron chi connectivity index (χ1n) is 8.24. The zero-order chi connectivity index (χ0) is 16.2. The summed E-state index contributed by atoms with van der Waals surface area (Å²) >= 11 is 0. The first kappa shape index (κ1) is 15.8. The maximum Gasteiger partial charge on any atom is 0.317 e. The number of rotatable bonds is 4. The van der Waals surface area contributed by atoms with E-state index in [1.807, 2.05) is 0 Å². The van der Waals surface area contributed by atoms with Gasteiger partial charge in [0.1, 0.15) is 0 Å². The van der Waals surface area contributed by atoms with E-state index in [9.17, 15) is 9.59 Å². The summed E-state index contributed by atoms with van der Waals surface area (Å²) in [7, 11) is 0. The van der Waals surface area contributed by atoms with Gasteiger partial charge in [0.05, 0.1) is 6.54 Å². The van der Waals surface area contributed by atoms with Gasteiger partial charge in [-0.15, -0.1) is 0 Å². The van der Waals surface area contributed by atoms with E-state index < -0.39 is 0 Å². The lowest BCUT2D eigenvalue weighted by atomic mass is 10.1. The molecule has 0 spiro atoms. The smallest absolute Gasteiger partial charge is 0.317 e. The van der Waals surface area contributed by atoms with E-state index in [1.54, 1.807) is 4.90 Å². The summed E-state index contributed by atoms with van der Waals surface area (Å²) in [5.74, 6) is 1.52. The van der Waals surface area contributed by atoms with Gasteiger partial charge in [-0.25, -0.2) is 4.79 Å². The van der Waals surface area contributed by atoms with Crippen LogP contribution in [0.1, 0.15) is 56.7 Å². The van der Waals surface area contributed by atoms with Crippen molar-refractivity contribution >= 4 is 11.9 Å². The zero-order valence-corrected chi connectivity index (χ0v) is 13.4. The fraction of sp³-hybridized carbons (Fsp3) is 0.733. The highest BCUT2D eigenvalue weighted by atomic mass is 16.5. The average molecular weight is 321 g/mol. The molecule has 1 aromatic rings. The van der Waals surface area contributed by atoms with E-state index in [0.717, 1.165) is 19.3 Å². The van der Waals surface area contributed by atoms with Crippen LogP contribution in [0, 0.1) is 0 Å². The second-order valence-electron chi connectivity index (χ2n) is 6.32. The van der Waals surface area contributed by atoms with Crippen LogP contribution in [0.2, 0.25) is 0 Å². The highest BCUT2D eigenvalue weighted by Gasteiger charge is 2.27. The van der Waals surface area contributed by atoms with Crippen LogP contribution in [0.15, 0.2) is 4.52 Å². The van der Waals surface area contributed by atoms with Crippen LogP contribution in [0.4, 0.5) is 4.79 Å². The molecule has 1 saturated heterocycles. The molecule has 0 unspecified atom stereocenters. The Morgan fingerprint density at radius 2 is 2.09 bits per heavy atom. The van der Waals surface area contributed by atoms with Crippen LogP contribution in [0.25, 0.3) is 0 Å². The van der Waals surface area contributed by atoms with Gasteiger partial charge >= 0.3 is 6.03 Å². The van der Waals surface area contributed by atoms with E-state index in [0.29, 0.717) is 30.7 Å². The number of amides is 3. The normalized spacial score (nSPS) is 21.6. The summed E-state index contributed by atoms with van der Waals surface area (Å²) in [4.78, 5) is 29.2. The van der Waals surface area contributed by atoms with Crippen molar-refractivity contribution in [2.45, 2.75) is 57.5 Å². The third-order valence-electron chi connectivity index (χ3n) is 4.47. The first-order valence-corrected chi connectivity index (χ1v) is 8.24. The topological polar surface area (TPSA) is 100 Å². The van der Waals surface area contributed by atoms with Gasteiger partial charge in [0.15, 0.2) is 5.82 Å². The Hall–Kier alpha value is -2.12. The molecule has 3 amide bonds. The lowest BCUT2D eigenvalue weighted by molar-refractivity contribution is -0.119. The van der Waals surface area contributed by atoms with Crippen molar-refractivity contribution in [3.05, 3.63) is 11.7 Å². The minimum atomic E-state index is -0.162. The average Bonchev–Trinajstić information content (AvgIpc) is 3.24. The van der Waals surface area contributed by atoms with Crippen molar-refractivity contribution in [2.24, 2.45) is 0 Å². The number of hydrogen-bond acceptors (Lipinski definition) is 5. The molecule has 1 aliphatic heterocycles. The van der Waals surface area contributed by atoms with Crippen molar-refractivity contribution < 1.29 is 14.1 Å². The Kier molecular flexibility index (Phi) is 4.78. The second kappa shape index (κ2) is 6.97. The van der Waals surface area contributed by atoms with Crippen molar-refractivity contribution in [3.63, 3.8) is 0 Å². The number of likely N-dealkylation sites (tertiary alicyclic amines) is 1. The molecule has 1 saturated carbocycles. The summed E-state index contributed by atoms with van der Waals surface area (Å²) in [5.41, 5.74) is 0. The summed E-state index contributed by atoms with van der Waals surface area (Å²) in [6, 6.07) is -0.123. The number of carbonyl (C=O) groups is 2. The van der Waals surface area contributed by atoms with Gasteiger partial charge in [-0.1, -0.05) is 18.0 Å². The van der Waals surface area contributed by atoms with Crippen LogP contribution < -0.4 is 10.6 Å². The molecule has 126 valence electrons. The highest BCUT2D eigenvalue weighted by molar-refractivity contribution is 5.75. The van der Waals surface area contributed by atoms with Crippen LogP contribution in [-0.4, -0.2) is 46.1 Å². The van der Waals surface area contributed by atoms with Gasteiger partial charge in [-0.3, -0.25) is 4.79 Å². The molecule has 8 nitrogen and oxygen atoms in total. The van der Waals surface area contributed by atoms with Crippen LogP contribution in [-0.2, 0) is 11.3 Å². The molecule has 0 aromatic carbocycles. The minimum Gasteiger partial charge on any atom is -0.352 e. The predicted molar refractivity (Wildman–Crippen MR) is 81.5 cm³/mol. The SMILES string of the molecule is CC(=O)N[C@@H]1CCN(C(=O)NCc2noc(C3CCCC3)n2)C1. The largest absolute Gasteiger partial charge is 0.352 e. The van der Waals surface area contributed by atoms with Crippen molar-refractivity contribution in [2.75, 3.05) is 13.1 Å². The highest BCUT2D eigenvalue weighted by Crippen LogP contribution is 2.32. The quantitative estimate of drug-likeness (QED) is 0.866. The maximum absolute atomic E-state index is 12.1. The molecule has 23 heavy (non-hydrogen) atoms. The van der Waals surface area contributed by atoms with Crippen LogP contribution in [0.3, 0.4) is 0 Å². The van der Waals surface area contributed by atoms with E-state index in [2.05, 4.69) is 20.8 Å². The third kappa shape index (κ3) is 4.00. The Bertz CT molecular complexity index is 567. The molecule has 0 radical (unpaired) electrons. The van der Waals surface area contributed by atoms with Crippen molar-refractivity contribution in [3.8, 4) is 0 Å². The molecule has 3 rings (SSSR count). The molecule has 1 aromatic heterocycles. The summed E-state index contributed by atoms with van der Waals surface area (Å²) in [6.45, 7) is 2.92. The van der Waals surface area contributed by atoms with E-state index in [1.165, 1.54) is 19.8 Å². The molecule has 1 atom stereocenters. The van der Waals surface area contributed by atoms with Gasteiger partial charge in [0.25, 0.3) is 0 Å². The van der Waals surface area contributed by atoms with Gasteiger partial charge in [0.2, 0.25) is 11.8 Å². The number of urea groups is 1. The monoisotopic (exact) mass is 321 g/mol. The Balaban J connectivity index is 1.45. The standard InChI is InChI=1S/C15H23N5O3/c1-10(21)17-12-6-7-20(9-12)15(22)16-8-13-18-14(23-19-13)11-4-2-3-5-11/h11-12H,2-9H2,1H3,(H,16,22)(H,17,21)/t12-/m1/s1. The summed E-state index contributed by atoms with van der Waals surface area (Å²) in [6.07, 6.45) is 5.41. The Morgan fingerprint density at radius 3 is 2.83 bits per heavy atom. The van der Waals surface area contributed by atoms with Crippen LogP contribution in [0.5, 0.6) is 0 Å². The Morgan fingerprint density at radius 1 is 1.30 bits per heavy atom. The lowest BCUT2D eigenvalue weighted by Gasteiger charge is -2.16. The molecule has 2 heterocycles. The number of hydrogen-bond donors (Lipinski definition) is 2. The van der Waals surface area contributed by atoms with E-state index in [4.69, 9.17) is 4.52 Å². The molecule has 8 heteroatoms. The van der Waals surface area contributed by atoms with Gasteiger partial charge in [-0.05, 0) is 19.3 Å². The number of nitrogens with one attached hydrogen (secondary N) is 2. The molecular formula is C15H23N5O3.